The Morgan fingerprint density at radius 2 is 2.25 bits per heavy atom. The van der Waals surface area contributed by atoms with Gasteiger partial charge >= 0.3 is 0 Å². The highest BCUT2D eigenvalue weighted by atomic mass is 16.3. The van der Waals surface area contributed by atoms with E-state index >= 15 is 0 Å². The van der Waals surface area contributed by atoms with E-state index < -0.39 is 0 Å². The third-order valence-corrected chi connectivity index (χ3v) is 4.01. The number of hydrogen-bond acceptors (Lipinski definition) is 3. The van der Waals surface area contributed by atoms with E-state index in [0.29, 0.717) is 12.1 Å². The van der Waals surface area contributed by atoms with Gasteiger partial charge in [0.05, 0.1) is 29.9 Å². The fraction of sp³-hybridized carbons (Fsp3) is 0.467. The Morgan fingerprint density at radius 3 is 3.10 bits per heavy atom. The van der Waals surface area contributed by atoms with Gasteiger partial charge in [0, 0.05) is 12.7 Å². The van der Waals surface area contributed by atoms with Crippen molar-refractivity contribution in [2.75, 3.05) is 13.2 Å². The molecule has 0 aromatic carbocycles. The van der Waals surface area contributed by atoms with Crippen molar-refractivity contribution in [3.63, 3.8) is 0 Å². The average Bonchev–Trinajstić information content (AvgIpc) is 2.76. The number of rotatable bonds is 2. The van der Waals surface area contributed by atoms with E-state index in [-0.39, 0.29) is 18.6 Å². The van der Waals surface area contributed by atoms with Gasteiger partial charge in [0.1, 0.15) is 0 Å². The number of carbonyl (C=O) groups is 1. The summed E-state index contributed by atoms with van der Waals surface area (Å²) in [5.74, 6) is -0.0212. The van der Waals surface area contributed by atoms with Crippen molar-refractivity contribution in [3.05, 3.63) is 36.2 Å². The monoisotopic (exact) mass is 273 g/mol. The molecule has 106 valence electrons. The highest BCUT2D eigenvalue weighted by Crippen LogP contribution is 2.21. The molecule has 0 aliphatic carbocycles. The quantitative estimate of drug-likeness (QED) is 0.906. The lowest BCUT2D eigenvalue weighted by molar-refractivity contribution is 0.0601. The van der Waals surface area contributed by atoms with Crippen molar-refractivity contribution >= 4 is 11.4 Å². The summed E-state index contributed by atoms with van der Waals surface area (Å²) in [4.78, 5) is 14.6. The molecule has 2 aromatic rings. The van der Waals surface area contributed by atoms with E-state index in [4.69, 9.17) is 0 Å². The van der Waals surface area contributed by atoms with Gasteiger partial charge in [0.15, 0.2) is 0 Å². The van der Waals surface area contributed by atoms with Crippen molar-refractivity contribution in [2.45, 2.75) is 31.7 Å². The molecule has 1 aliphatic heterocycles. The minimum Gasteiger partial charge on any atom is -0.394 e. The number of nitrogens with zero attached hydrogens (tertiary/aromatic N) is 3. The number of pyridine rings is 1. The summed E-state index contributed by atoms with van der Waals surface area (Å²) in [6.07, 6.45) is 7.52. The molecule has 3 rings (SSSR count). The first-order valence-corrected chi connectivity index (χ1v) is 7.15. The van der Waals surface area contributed by atoms with Crippen molar-refractivity contribution < 1.29 is 9.90 Å². The summed E-state index contributed by atoms with van der Waals surface area (Å²) in [5, 5.41) is 13.7. The highest BCUT2D eigenvalue weighted by Gasteiger charge is 2.27. The van der Waals surface area contributed by atoms with Gasteiger partial charge in [-0.2, -0.15) is 5.10 Å². The molecule has 1 saturated heterocycles. The molecular weight excluding hydrogens is 254 g/mol. The van der Waals surface area contributed by atoms with Crippen LogP contribution >= 0.6 is 0 Å². The molecule has 1 aliphatic rings. The summed E-state index contributed by atoms with van der Waals surface area (Å²) in [6.45, 7) is 0.749. The molecule has 1 unspecified atom stereocenters. The Kier molecular flexibility index (Phi) is 3.69. The van der Waals surface area contributed by atoms with Gasteiger partial charge in [-0.25, -0.2) is 4.52 Å². The van der Waals surface area contributed by atoms with Gasteiger partial charge in [-0.05, 0) is 25.0 Å². The second-order valence-electron chi connectivity index (χ2n) is 5.27. The minimum atomic E-state index is -0.0661. The van der Waals surface area contributed by atoms with Gasteiger partial charge in [0.25, 0.3) is 5.91 Å². The second kappa shape index (κ2) is 5.63. The second-order valence-corrected chi connectivity index (χ2v) is 5.27. The minimum absolute atomic E-state index is 0.0212. The zero-order valence-corrected chi connectivity index (χ0v) is 11.4. The van der Waals surface area contributed by atoms with Crippen LogP contribution in [-0.4, -0.2) is 44.7 Å². The van der Waals surface area contributed by atoms with Crippen LogP contribution in [0.4, 0.5) is 0 Å². The normalized spacial score (nSPS) is 20.1. The van der Waals surface area contributed by atoms with E-state index in [9.17, 15) is 9.90 Å². The van der Waals surface area contributed by atoms with Crippen LogP contribution in [0.3, 0.4) is 0 Å². The number of aliphatic hydroxyl groups is 1. The van der Waals surface area contributed by atoms with Crippen LogP contribution in [0.1, 0.15) is 36.0 Å². The van der Waals surface area contributed by atoms with Gasteiger partial charge in [0.2, 0.25) is 0 Å². The highest BCUT2D eigenvalue weighted by molar-refractivity contribution is 6.00. The summed E-state index contributed by atoms with van der Waals surface area (Å²) in [5.41, 5.74) is 1.43. The SMILES string of the molecule is O=C(c1cnn2ccccc12)N1CCCCCC1CO. The van der Waals surface area contributed by atoms with E-state index in [1.165, 1.54) is 0 Å². The number of hydrogen-bond donors (Lipinski definition) is 1. The maximum atomic E-state index is 12.8. The molecule has 1 fully saturated rings. The molecule has 5 nitrogen and oxygen atoms in total. The van der Waals surface area contributed by atoms with Crippen LogP contribution in [0.15, 0.2) is 30.6 Å². The Balaban J connectivity index is 1.94. The summed E-state index contributed by atoms with van der Waals surface area (Å²) in [6, 6.07) is 5.62. The lowest BCUT2D eigenvalue weighted by Gasteiger charge is -2.28. The fourth-order valence-electron chi connectivity index (χ4n) is 2.89. The van der Waals surface area contributed by atoms with Crippen LogP contribution in [-0.2, 0) is 0 Å². The first kappa shape index (κ1) is 13.1. The number of fused-ring (bicyclic) bond motifs is 1. The lowest BCUT2D eigenvalue weighted by Crippen LogP contribution is -2.42. The summed E-state index contributed by atoms with van der Waals surface area (Å²) >= 11 is 0. The van der Waals surface area contributed by atoms with E-state index in [0.717, 1.165) is 31.2 Å². The van der Waals surface area contributed by atoms with E-state index in [2.05, 4.69) is 5.10 Å². The van der Waals surface area contributed by atoms with Crippen LogP contribution in [0.5, 0.6) is 0 Å². The van der Waals surface area contributed by atoms with Crippen molar-refractivity contribution in [1.82, 2.24) is 14.5 Å². The summed E-state index contributed by atoms with van der Waals surface area (Å²) in [7, 11) is 0. The largest absolute Gasteiger partial charge is 0.394 e. The van der Waals surface area contributed by atoms with E-state index in [1.807, 2.05) is 29.3 Å². The maximum absolute atomic E-state index is 12.8. The van der Waals surface area contributed by atoms with Crippen molar-refractivity contribution in [2.24, 2.45) is 0 Å². The molecule has 2 aromatic heterocycles. The molecular formula is C15H19N3O2. The standard InChI is InChI=1S/C15H19N3O2/c19-11-12-6-2-1-4-8-17(12)15(20)13-10-16-18-9-5-3-7-14(13)18/h3,5,7,9-10,12,19H,1-2,4,6,8,11H2. The predicted molar refractivity (Wildman–Crippen MR) is 75.6 cm³/mol. The molecule has 5 heteroatoms. The molecule has 0 bridgehead atoms. The molecule has 0 spiro atoms. The Bertz CT molecular complexity index is 608. The molecule has 1 amide bonds. The van der Waals surface area contributed by atoms with Gasteiger partial charge < -0.3 is 10.0 Å². The van der Waals surface area contributed by atoms with Crippen molar-refractivity contribution in [1.29, 1.82) is 0 Å². The number of amides is 1. The zero-order chi connectivity index (χ0) is 13.9. The van der Waals surface area contributed by atoms with Crippen molar-refractivity contribution in [3.8, 4) is 0 Å². The number of likely N-dealkylation sites (tertiary alicyclic amines) is 1. The zero-order valence-electron chi connectivity index (χ0n) is 11.4. The van der Waals surface area contributed by atoms with Crippen LogP contribution in [0.2, 0.25) is 0 Å². The van der Waals surface area contributed by atoms with Gasteiger partial charge in [-0.15, -0.1) is 0 Å². The predicted octanol–water partition coefficient (Wildman–Crippen LogP) is 1.71. The fourth-order valence-corrected chi connectivity index (χ4v) is 2.89. The number of carbonyl (C=O) groups excluding carboxylic acids is 1. The van der Waals surface area contributed by atoms with Crippen LogP contribution < -0.4 is 0 Å². The maximum Gasteiger partial charge on any atom is 0.258 e. The molecule has 1 N–H and O–H groups in total. The topological polar surface area (TPSA) is 57.8 Å². The van der Waals surface area contributed by atoms with Gasteiger partial charge in [-0.1, -0.05) is 18.9 Å². The van der Waals surface area contributed by atoms with Crippen LogP contribution in [0.25, 0.3) is 5.52 Å². The Hall–Kier alpha value is -1.88. The summed E-state index contributed by atoms with van der Waals surface area (Å²) < 4.78 is 1.71. The molecule has 3 heterocycles. The number of aliphatic hydroxyl groups excluding tert-OH is 1. The van der Waals surface area contributed by atoms with E-state index in [1.54, 1.807) is 10.7 Å². The Labute approximate surface area is 117 Å². The third kappa shape index (κ3) is 2.29. The molecule has 20 heavy (non-hydrogen) atoms. The first-order chi connectivity index (χ1) is 9.81. The smallest absolute Gasteiger partial charge is 0.258 e. The molecule has 0 saturated carbocycles. The average molecular weight is 273 g/mol. The lowest BCUT2D eigenvalue weighted by atomic mass is 10.1. The molecule has 0 radical (unpaired) electrons. The molecule has 1 atom stereocenters. The van der Waals surface area contributed by atoms with Crippen LogP contribution in [0, 0.1) is 0 Å². The third-order valence-electron chi connectivity index (χ3n) is 4.01. The van der Waals surface area contributed by atoms with Gasteiger partial charge in [-0.3, -0.25) is 4.79 Å². The Morgan fingerprint density at radius 1 is 1.35 bits per heavy atom. The first-order valence-electron chi connectivity index (χ1n) is 7.15. The number of aromatic nitrogens is 2.